The third-order valence-corrected chi connectivity index (χ3v) is 6.48. The number of aliphatic hydroxyl groups is 1. The molecule has 0 spiro atoms. The van der Waals surface area contributed by atoms with Crippen LogP contribution in [0.15, 0.2) is 35.7 Å². The van der Waals surface area contributed by atoms with Crippen molar-refractivity contribution in [2.24, 2.45) is 5.92 Å². The minimum atomic E-state index is -2.95. The second-order valence-corrected chi connectivity index (χ2v) is 8.60. The monoisotopic (exact) mass is 323 g/mol. The maximum Gasteiger partial charge on any atom is 0.150 e. The van der Waals surface area contributed by atoms with Crippen molar-refractivity contribution in [3.8, 4) is 11.3 Å². The van der Waals surface area contributed by atoms with E-state index in [-0.39, 0.29) is 17.4 Å². The van der Waals surface area contributed by atoms with Gasteiger partial charge in [-0.1, -0.05) is 30.3 Å². The summed E-state index contributed by atoms with van der Waals surface area (Å²) >= 11 is 1.51. The molecule has 1 N–H and O–H groups in total. The Morgan fingerprint density at radius 3 is 2.76 bits per heavy atom. The van der Waals surface area contributed by atoms with Crippen LogP contribution < -0.4 is 0 Å². The highest BCUT2D eigenvalue weighted by molar-refractivity contribution is 7.91. The van der Waals surface area contributed by atoms with Gasteiger partial charge in [0.25, 0.3) is 0 Å². The zero-order valence-electron chi connectivity index (χ0n) is 11.5. The third-order valence-electron chi connectivity index (χ3n) is 3.82. The summed E-state index contributed by atoms with van der Waals surface area (Å²) in [5, 5.41) is 13.0. The Kier molecular flexibility index (Phi) is 4.10. The van der Waals surface area contributed by atoms with Gasteiger partial charge in [0.1, 0.15) is 0 Å². The molecule has 6 heteroatoms. The normalized spacial score (nSPS) is 22.2. The van der Waals surface area contributed by atoms with E-state index in [9.17, 15) is 13.5 Å². The van der Waals surface area contributed by atoms with Gasteiger partial charge in [0, 0.05) is 23.3 Å². The van der Waals surface area contributed by atoms with E-state index in [1.54, 1.807) is 0 Å². The quantitative estimate of drug-likeness (QED) is 0.936. The summed E-state index contributed by atoms with van der Waals surface area (Å²) in [7, 11) is -2.95. The van der Waals surface area contributed by atoms with Crippen LogP contribution in [0, 0.1) is 5.92 Å². The highest BCUT2D eigenvalue weighted by atomic mass is 32.2. The van der Waals surface area contributed by atoms with Gasteiger partial charge in [0.2, 0.25) is 0 Å². The maximum absolute atomic E-state index is 11.5. The van der Waals surface area contributed by atoms with Crippen LogP contribution in [0.4, 0.5) is 0 Å². The van der Waals surface area contributed by atoms with Crippen molar-refractivity contribution in [1.82, 2.24) is 4.98 Å². The minimum Gasteiger partial charge on any atom is -0.392 e. The van der Waals surface area contributed by atoms with Gasteiger partial charge in [-0.25, -0.2) is 13.4 Å². The van der Waals surface area contributed by atoms with Crippen LogP contribution in [-0.4, -0.2) is 36.1 Å². The Bertz CT molecular complexity index is 710. The summed E-state index contributed by atoms with van der Waals surface area (Å²) in [5.41, 5.74) is 1.96. The zero-order valence-corrected chi connectivity index (χ0v) is 13.1. The molecular weight excluding hydrogens is 306 g/mol. The van der Waals surface area contributed by atoms with Crippen molar-refractivity contribution in [1.29, 1.82) is 0 Å². The van der Waals surface area contributed by atoms with Crippen LogP contribution in [0.3, 0.4) is 0 Å². The molecular formula is C15H17NO3S2. The number of thiazole rings is 1. The van der Waals surface area contributed by atoms with Gasteiger partial charge in [-0.15, -0.1) is 11.3 Å². The van der Waals surface area contributed by atoms with Gasteiger partial charge < -0.3 is 5.11 Å². The Hall–Kier alpha value is -1.24. The number of nitrogens with zero attached hydrogens (tertiary/aromatic N) is 1. The summed E-state index contributed by atoms with van der Waals surface area (Å²) in [6, 6.07) is 9.89. The lowest BCUT2D eigenvalue weighted by molar-refractivity contribution is 0.120. The molecule has 3 rings (SSSR count). The number of hydrogen-bond donors (Lipinski definition) is 1. The van der Waals surface area contributed by atoms with E-state index in [0.29, 0.717) is 12.8 Å². The molecule has 0 radical (unpaired) electrons. The van der Waals surface area contributed by atoms with E-state index in [2.05, 4.69) is 4.98 Å². The van der Waals surface area contributed by atoms with Crippen LogP contribution in [0.25, 0.3) is 11.3 Å². The fraction of sp³-hybridized carbons (Fsp3) is 0.400. The molecule has 1 saturated heterocycles. The Morgan fingerprint density at radius 1 is 1.33 bits per heavy atom. The van der Waals surface area contributed by atoms with Crippen LogP contribution in [-0.2, 0) is 16.3 Å². The second kappa shape index (κ2) is 5.87. The topological polar surface area (TPSA) is 67.3 Å². The minimum absolute atomic E-state index is 0.102. The summed E-state index contributed by atoms with van der Waals surface area (Å²) < 4.78 is 22.9. The van der Waals surface area contributed by atoms with Gasteiger partial charge in [-0.2, -0.15) is 0 Å². The SMILES string of the molecule is O=S1(=O)CCC(C(O)Cc2nc(-c3ccccc3)cs2)C1. The molecule has 2 atom stereocenters. The van der Waals surface area contributed by atoms with Gasteiger partial charge in [-0.3, -0.25) is 0 Å². The lowest BCUT2D eigenvalue weighted by atomic mass is 10.00. The average molecular weight is 323 g/mol. The maximum atomic E-state index is 11.5. The molecule has 0 bridgehead atoms. The lowest BCUT2D eigenvalue weighted by Gasteiger charge is -2.14. The van der Waals surface area contributed by atoms with E-state index in [1.165, 1.54) is 11.3 Å². The smallest absolute Gasteiger partial charge is 0.150 e. The van der Waals surface area contributed by atoms with Gasteiger partial charge in [0.05, 0.1) is 28.3 Å². The van der Waals surface area contributed by atoms with E-state index in [0.717, 1.165) is 16.3 Å². The van der Waals surface area contributed by atoms with Gasteiger partial charge in [-0.05, 0) is 6.42 Å². The highest BCUT2D eigenvalue weighted by Crippen LogP contribution is 2.27. The number of aromatic nitrogens is 1. The van der Waals surface area contributed by atoms with Crippen LogP contribution in [0.5, 0.6) is 0 Å². The summed E-state index contributed by atoms with van der Waals surface area (Å²) in [5.74, 6) is 0.145. The van der Waals surface area contributed by atoms with Gasteiger partial charge >= 0.3 is 0 Å². The summed E-state index contributed by atoms with van der Waals surface area (Å²) in [4.78, 5) is 4.54. The number of benzene rings is 1. The molecule has 1 aliphatic rings. The molecule has 0 aliphatic carbocycles. The predicted molar refractivity (Wildman–Crippen MR) is 84.0 cm³/mol. The average Bonchev–Trinajstić information content (AvgIpc) is 3.06. The predicted octanol–water partition coefficient (Wildman–Crippen LogP) is 2.15. The Morgan fingerprint density at radius 2 is 2.10 bits per heavy atom. The fourth-order valence-electron chi connectivity index (χ4n) is 2.62. The molecule has 0 saturated carbocycles. The molecule has 1 aromatic heterocycles. The molecule has 2 unspecified atom stereocenters. The van der Waals surface area contributed by atoms with Crippen LogP contribution >= 0.6 is 11.3 Å². The number of hydrogen-bond acceptors (Lipinski definition) is 5. The van der Waals surface area contributed by atoms with Crippen molar-refractivity contribution in [3.05, 3.63) is 40.7 Å². The molecule has 2 aromatic rings. The Balaban J connectivity index is 1.68. The fourth-order valence-corrected chi connectivity index (χ4v) is 5.34. The zero-order chi connectivity index (χ0) is 14.9. The van der Waals surface area contributed by atoms with Crippen molar-refractivity contribution in [2.75, 3.05) is 11.5 Å². The van der Waals surface area contributed by atoms with Crippen molar-refractivity contribution in [3.63, 3.8) is 0 Å². The van der Waals surface area contributed by atoms with E-state index < -0.39 is 15.9 Å². The van der Waals surface area contributed by atoms with Crippen molar-refractivity contribution < 1.29 is 13.5 Å². The molecule has 2 heterocycles. The van der Waals surface area contributed by atoms with E-state index >= 15 is 0 Å². The third kappa shape index (κ3) is 3.51. The molecule has 1 aliphatic heterocycles. The standard InChI is InChI=1S/C15H17NO3S2/c17-14(12-6-7-21(18,19)10-12)8-15-16-13(9-20-15)11-4-2-1-3-5-11/h1-5,9,12,14,17H,6-8,10H2. The summed E-state index contributed by atoms with van der Waals surface area (Å²) in [6.45, 7) is 0. The van der Waals surface area contributed by atoms with Gasteiger partial charge in [0.15, 0.2) is 9.84 Å². The first-order valence-corrected chi connectivity index (χ1v) is 9.62. The number of aliphatic hydroxyl groups excluding tert-OH is 1. The first-order chi connectivity index (χ1) is 10.0. The first-order valence-electron chi connectivity index (χ1n) is 6.92. The first kappa shape index (κ1) is 14.7. The van der Waals surface area contributed by atoms with Crippen molar-refractivity contribution in [2.45, 2.75) is 18.9 Å². The van der Waals surface area contributed by atoms with Crippen molar-refractivity contribution >= 4 is 21.2 Å². The second-order valence-electron chi connectivity index (χ2n) is 5.43. The molecule has 1 fully saturated rings. The molecule has 1 aromatic carbocycles. The lowest BCUT2D eigenvalue weighted by Crippen LogP contribution is -2.23. The van der Waals surface area contributed by atoms with Crippen LogP contribution in [0.2, 0.25) is 0 Å². The Labute approximate surface area is 128 Å². The molecule has 21 heavy (non-hydrogen) atoms. The summed E-state index contributed by atoms with van der Waals surface area (Å²) in [6.07, 6.45) is 0.356. The molecule has 0 amide bonds. The highest BCUT2D eigenvalue weighted by Gasteiger charge is 2.33. The number of rotatable bonds is 4. The van der Waals surface area contributed by atoms with E-state index in [4.69, 9.17) is 0 Å². The molecule has 112 valence electrons. The van der Waals surface area contributed by atoms with E-state index in [1.807, 2.05) is 35.7 Å². The van der Waals surface area contributed by atoms with Crippen LogP contribution in [0.1, 0.15) is 11.4 Å². The largest absolute Gasteiger partial charge is 0.392 e. The molecule has 4 nitrogen and oxygen atoms in total. The number of sulfone groups is 1.